The van der Waals surface area contributed by atoms with Crippen molar-refractivity contribution in [2.75, 3.05) is 13.2 Å². The van der Waals surface area contributed by atoms with E-state index in [0.29, 0.717) is 0 Å². The molecule has 1 rings (SSSR count). The van der Waals surface area contributed by atoms with Crippen molar-refractivity contribution >= 4 is 0 Å². The molecule has 0 aliphatic carbocycles. The first-order valence-corrected chi connectivity index (χ1v) is 5.35. The second-order valence-corrected chi connectivity index (χ2v) is 5.06. The summed E-state index contributed by atoms with van der Waals surface area (Å²) in [6.07, 6.45) is 3.81. The molecule has 1 fully saturated rings. The lowest BCUT2D eigenvalue weighted by Crippen LogP contribution is -2.59. The van der Waals surface area contributed by atoms with E-state index in [1.165, 1.54) is 19.3 Å². The summed E-state index contributed by atoms with van der Waals surface area (Å²) in [5, 5.41) is 3.68. The van der Waals surface area contributed by atoms with Gasteiger partial charge in [0, 0.05) is 17.7 Å². The number of rotatable bonds is 3. The van der Waals surface area contributed by atoms with Gasteiger partial charge in [-0.2, -0.15) is 0 Å². The van der Waals surface area contributed by atoms with Gasteiger partial charge in [-0.15, -0.1) is 0 Å². The Bertz CT molecular complexity index is 167. The molecule has 1 aliphatic heterocycles. The Morgan fingerprint density at radius 1 is 1.23 bits per heavy atom. The van der Waals surface area contributed by atoms with Crippen LogP contribution in [0.2, 0.25) is 0 Å². The standard InChI is InChI=1S/C11H23NO/c1-5-13-9-11(4)8-6-7-10(2,3)12-11/h12H,5-9H2,1-4H3. The normalized spacial score (nSPS) is 33.2. The molecule has 1 atom stereocenters. The molecular formula is C11H23NO. The van der Waals surface area contributed by atoms with Gasteiger partial charge in [0.15, 0.2) is 0 Å². The minimum Gasteiger partial charge on any atom is -0.380 e. The Kier molecular flexibility index (Phi) is 3.36. The monoisotopic (exact) mass is 185 g/mol. The zero-order valence-corrected chi connectivity index (χ0v) is 9.44. The van der Waals surface area contributed by atoms with Crippen LogP contribution in [-0.4, -0.2) is 24.3 Å². The van der Waals surface area contributed by atoms with Gasteiger partial charge in [-0.05, 0) is 47.0 Å². The molecule has 0 radical (unpaired) electrons. The van der Waals surface area contributed by atoms with E-state index >= 15 is 0 Å². The van der Waals surface area contributed by atoms with Gasteiger partial charge >= 0.3 is 0 Å². The average molecular weight is 185 g/mol. The van der Waals surface area contributed by atoms with Crippen molar-refractivity contribution in [1.29, 1.82) is 0 Å². The Hall–Kier alpha value is -0.0800. The maximum Gasteiger partial charge on any atom is 0.0645 e. The fourth-order valence-corrected chi connectivity index (χ4v) is 2.30. The van der Waals surface area contributed by atoms with Crippen LogP contribution in [0.3, 0.4) is 0 Å². The van der Waals surface area contributed by atoms with Crippen LogP contribution in [0.25, 0.3) is 0 Å². The summed E-state index contributed by atoms with van der Waals surface area (Å²) in [4.78, 5) is 0. The summed E-state index contributed by atoms with van der Waals surface area (Å²) in [6.45, 7) is 10.5. The van der Waals surface area contributed by atoms with Gasteiger partial charge in [0.05, 0.1) is 6.61 Å². The largest absolute Gasteiger partial charge is 0.380 e. The maximum atomic E-state index is 5.51. The van der Waals surface area contributed by atoms with E-state index in [2.05, 4.69) is 33.0 Å². The van der Waals surface area contributed by atoms with Crippen LogP contribution in [0.1, 0.15) is 47.0 Å². The van der Waals surface area contributed by atoms with E-state index < -0.39 is 0 Å². The third-order valence-electron chi connectivity index (χ3n) is 2.80. The summed E-state index contributed by atoms with van der Waals surface area (Å²) < 4.78 is 5.51. The summed E-state index contributed by atoms with van der Waals surface area (Å²) in [5.74, 6) is 0. The number of ether oxygens (including phenoxy) is 1. The average Bonchev–Trinajstić information content (AvgIpc) is 1.98. The third-order valence-corrected chi connectivity index (χ3v) is 2.80. The quantitative estimate of drug-likeness (QED) is 0.728. The highest BCUT2D eigenvalue weighted by molar-refractivity contribution is 4.95. The van der Waals surface area contributed by atoms with E-state index in [4.69, 9.17) is 4.74 Å². The van der Waals surface area contributed by atoms with Crippen molar-refractivity contribution in [3.63, 3.8) is 0 Å². The van der Waals surface area contributed by atoms with E-state index in [0.717, 1.165) is 13.2 Å². The number of nitrogens with one attached hydrogen (secondary N) is 1. The molecule has 78 valence electrons. The third kappa shape index (κ3) is 3.28. The van der Waals surface area contributed by atoms with Crippen LogP contribution in [0, 0.1) is 0 Å². The maximum absolute atomic E-state index is 5.51. The second kappa shape index (κ2) is 3.97. The molecule has 0 aromatic carbocycles. The topological polar surface area (TPSA) is 21.3 Å². The van der Waals surface area contributed by atoms with Crippen molar-refractivity contribution in [3.05, 3.63) is 0 Å². The van der Waals surface area contributed by atoms with Gasteiger partial charge in [-0.25, -0.2) is 0 Å². The van der Waals surface area contributed by atoms with Gasteiger partial charge in [0.25, 0.3) is 0 Å². The zero-order chi connectivity index (χ0) is 9.95. The molecule has 1 unspecified atom stereocenters. The molecule has 0 bridgehead atoms. The van der Waals surface area contributed by atoms with Gasteiger partial charge in [0.1, 0.15) is 0 Å². The molecule has 1 heterocycles. The predicted molar refractivity (Wildman–Crippen MR) is 56.0 cm³/mol. The lowest BCUT2D eigenvalue weighted by Gasteiger charge is -2.44. The van der Waals surface area contributed by atoms with Crippen molar-refractivity contribution in [3.8, 4) is 0 Å². The van der Waals surface area contributed by atoms with Crippen LogP contribution in [0.4, 0.5) is 0 Å². The summed E-state index contributed by atoms with van der Waals surface area (Å²) in [7, 11) is 0. The molecule has 2 heteroatoms. The van der Waals surface area contributed by atoms with E-state index in [-0.39, 0.29) is 11.1 Å². The summed E-state index contributed by atoms with van der Waals surface area (Å²) in [6, 6.07) is 0. The number of hydrogen-bond acceptors (Lipinski definition) is 2. The Morgan fingerprint density at radius 3 is 2.46 bits per heavy atom. The molecule has 0 aromatic rings. The number of piperidine rings is 1. The lowest BCUT2D eigenvalue weighted by atomic mass is 9.82. The van der Waals surface area contributed by atoms with Gasteiger partial charge < -0.3 is 10.1 Å². The highest BCUT2D eigenvalue weighted by Gasteiger charge is 2.35. The Morgan fingerprint density at radius 2 is 1.92 bits per heavy atom. The smallest absolute Gasteiger partial charge is 0.0645 e. The SMILES string of the molecule is CCOCC1(C)CCCC(C)(C)N1. The number of hydrogen-bond donors (Lipinski definition) is 1. The zero-order valence-electron chi connectivity index (χ0n) is 9.44. The van der Waals surface area contributed by atoms with Gasteiger partial charge in [-0.3, -0.25) is 0 Å². The first-order valence-electron chi connectivity index (χ1n) is 5.35. The fraction of sp³-hybridized carbons (Fsp3) is 1.00. The van der Waals surface area contributed by atoms with E-state index in [9.17, 15) is 0 Å². The second-order valence-electron chi connectivity index (χ2n) is 5.06. The lowest BCUT2D eigenvalue weighted by molar-refractivity contribution is 0.0448. The van der Waals surface area contributed by atoms with Crippen LogP contribution < -0.4 is 5.32 Å². The predicted octanol–water partition coefficient (Wildman–Crippen LogP) is 2.33. The highest BCUT2D eigenvalue weighted by Crippen LogP contribution is 2.28. The minimum absolute atomic E-state index is 0.192. The van der Waals surface area contributed by atoms with Crippen molar-refractivity contribution in [1.82, 2.24) is 5.32 Å². The van der Waals surface area contributed by atoms with E-state index in [1.807, 2.05) is 0 Å². The van der Waals surface area contributed by atoms with Crippen molar-refractivity contribution < 1.29 is 4.74 Å². The molecule has 0 aromatic heterocycles. The Labute approximate surface area is 82.0 Å². The van der Waals surface area contributed by atoms with Gasteiger partial charge in [0.2, 0.25) is 0 Å². The highest BCUT2D eigenvalue weighted by atomic mass is 16.5. The first-order chi connectivity index (χ1) is 5.97. The molecule has 1 aliphatic rings. The minimum atomic E-state index is 0.192. The van der Waals surface area contributed by atoms with Crippen LogP contribution in [0.5, 0.6) is 0 Å². The molecule has 0 saturated carbocycles. The molecular weight excluding hydrogens is 162 g/mol. The summed E-state index contributed by atoms with van der Waals surface area (Å²) in [5.41, 5.74) is 0.474. The molecule has 0 amide bonds. The van der Waals surface area contributed by atoms with Crippen molar-refractivity contribution in [2.45, 2.75) is 58.0 Å². The molecule has 13 heavy (non-hydrogen) atoms. The molecule has 1 saturated heterocycles. The molecule has 2 nitrogen and oxygen atoms in total. The van der Waals surface area contributed by atoms with Crippen molar-refractivity contribution in [2.24, 2.45) is 0 Å². The molecule has 1 N–H and O–H groups in total. The Balaban J connectivity index is 2.47. The van der Waals surface area contributed by atoms with Gasteiger partial charge in [-0.1, -0.05) is 0 Å². The van der Waals surface area contributed by atoms with E-state index in [1.54, 1.807) is 0 Å². The van der Waals surface area contributed by atoms with Crippen LogP contribution in [-0.2, 0) is 4.74 Å². The summed E-state index contributed by atoms with van der Waals surface area (Å²) >= 11 is 0. The fourth-order valence-electron chi connectivity index (χ4n) is 2.30. The van der Waals surface area contributed by atoms with Crippen LogP contribution in [0.15, 0.2) is 0 Å². The first kappa shape index (κ1) is 11.0. The molecule has 0 spiro atoms. The van der Waals surface area contributed by atoms with Crippen LogP contribution >= 0.6 is 0 Å².